The molecule has 0 saturated heterocycles. The van der Waals surface area contributed by atoms with E-state index >= 15 is 0 Å². The minimum absolute atomic E-state index is 0.0787. The second kappa shape index (κ2) is 8.98. The van der Waals surface area contributed by atoms with Gasteiger partial charge in [0.1, 0.15) is 11.4 Å². The van der Waals surface area contributed by atoms with Gasteiger partial charge in [-0.15, -0.1) is 0 Å². The smallest absolute Gasteiger partial charge is 0.223 e. The molecule has 0 aliphatic carbocycles. The molecule has 0 unspecified atom stereocenters. The standard InChI is InChI=1S/C23H14ClFN8/c24-18-6-9-26-21(25)17(18)13-29-23-28-10-7-20(32-23)22-27-8-5-16(31-22)3-1-14-2-4-19-15(11-14)12-30-33-19/h2,4-12H,13H2,(H,30,33)(H,28,29,32). The van der Waals surface area contributed by atoms with E-state index in [0.29, 0.717) is 17.2 Å². The van der Waals surface area contributed by atoms with Crippen LogP contribution in [0.4, 0.5) is 10.3 Å². The van der Waals surface area contributed by atoms with Gasteiger partial charge in [-0.2, -0.15) is 9.49 Å². The normalized spacial score (nSPS) is 10.6. The maximum absolute atomic E-state index is 13.9. The Balaban J connectivity index is 1.35. The van der Waals surface area contributed by atoms with E-state index in [0.717, 1.165) is 16.5 Å². The van der Waals surface area contributed by atoms with Crippen molar-refractivity contribution < 1.29 is 4.39 Å². The van der Waals surface area contributed by atoms with Crippen LogP contribution in [0.5, 0.6) is 0 Å². The predicted molar refractivity (Wildman–Crippen MR) is 122 cm³/mol. The third kappa shape index (κ3) is 4.61. The van der Waals surface area contributed by atoms with Crippen LogP contribution in [0.2, 0.25) is 5.02 Å². The first kappa shape index (κ1) is 20.5. The zero-order valence-corrected chi connectivity index (χ0v) is 17.7. The number of anilines is 1. The molecule has 0 aliphatic heterocycles. The molecule has 5 aromatic rings. The van der Waals surface area contributed by atoms with E-state index in [1.54, 1.807) is 30.7 Å². The van der Waals surface area contributed by atoms with Crippen molar-refractivity contribution in [2.75, 3.05) is 5.32 Å². The Hall–Kier alpha value is -4.42. The van der Waals surface area contributed by atoms with Gasteiger partial charge in [-0.3, -0.25) is 5.10 Å². The molecule has 5 rings (SSSR count). The molecule has 8 nitrogen and oxygen atoms in total. The molecule has 0 aliphatic rings. The number of halogens is 2. The van der Waals surface area contributed by atoms with E-state index in [1.165, 1.54) is 12.3 Å². The number of nitrogens with zero attached hydrogens (tertiary/aromatic N) is 6. The number of aromatic amines is 1. The zero-order valence-electron chi connectivity index (χ0n) is 16.9. The van der Waals surface area contributed by atoms with Gasteiger partial charge < -0.3 is 5.32 Å². The number of hydrogen-bond donors (Lipinski definition) is 2. The summed E-state index contributed by atoms with van der Waals surface area (Å²) in [6.45, 7) is 0.0787. The van der Waals surface area contributed by atoms with Crippen LogP contribution < -0.4 is 5.32 Å². The van der Waals surface area contributed by atoms with E-state index in [4.69, 9.17) is 11.6 Å². The highest BCUT2D eigenvalue weighted by molar-refractivity contribution is 6.31. The maximum atomic E-state index is 13.9. The van der Waals surface area contributed by atoms with Gasteiger partial charge in [0.05, 0.1) is 16.7 Å². The fraction of sp³-hybridized carbons (Fsp3) is 0.0435. The van der Waals surface area contributed by atoms with Crippen molar-refractivity contribution >= 4 is 28.5 Å². The average Bonchev–Trinajstić information content (AvgIpc) is 3.31. The summed E-state index contributed by atoms with van der Waals surface area (Å²) in [7, 11) is 0. The summed E-state index contributed by atoms with van der Waals surface area (Å²) in [4.78, 5) is 21.0. The van der Waals surface area contributed by atoms with Crippen LogP contribution in [0.15, 0.2) is 61.2 Å². The van der Waals surface area contributed by atoms with Crippen molar-refractivity contribution in [2.24, 2.45) is 0 Å². The quantitative estimate of drug-likeness (QED) is 0.311. The second-order valence-electron chi connectivity index (χ2n) is 6.87. The third-order valence-electron chi connectivity index (χ3n) is 4.68. The van der Waals surface area contributed by atoms with Crippen LogP contribution in [-0.4, -0.2) is 35.1 Å². The second-order valence-corrected chi connectivity index (χ2v) is 7.28. The Morgan fingerprint density at radius 2 is 1.85 bits per heavy atom. The molecule has 10 heteroatoms. The number of H-pyrrole nitrogens is 1. The lowest BCUT2D eigenvalue weighted by Crippen LogP contribution is -2.07. The molecular weight excluding hydrogens is 443 g/mol. The zero-order chi connectivity index (χ0) is 22.6. The lowest BCUT2D eigenvalue weighted by molar-refractivity contribution is 0.569. The highest BCUT2D eigenvalue weighted by Gasteiger charge is 2.10. The number of nitrogens with one attached hydrogen (secondary N) is 2. The Morgan fingerprint density at radius 1 is 0.970 bits per heavy atom. The summed E-state index contributed by atoms with van der Waals surface area (Å²) < 4.78 is 13.9. The first-order chi connectivity index (χ1) is 16.2. The Labute approximate surface area is 192 Å². The number of pyridine rings is 1. The van der Waals surface area contributed by atoms with E-state index in [-0.39, 0.29) is 23.1 Å². The summed E-state index contributed by atoms with van der Waals surface area (Å²) in [5, 5.41) is 11.1. The van der Waals surface area contributed by atoms with E-state index < -0.39 is 5.95 Å². The fourth-order valence-electron chi connectivity index (χ4n) is 3.05. The molecule has 0 amide bonds. The summed E-state index contributed by atoms with van der Waals surface area (Å²) in [6.07, 6.45) is 6.24. The van der Waals surface area contributed by atoms with Crippen molar-refractivity contribution in [3.63, 3.8) is 0 Å². The molecular formula is C23H14ClFN8. The maximum Gasteiger partial charge on any atom is 0.223 e. The first-order valence-corrected chi connectivity index (χ1v) is 10.2. The number of benzene rings is 1. The van der Waals surface area contributed by atoms with E-state index in [1.807, 2.05) is 18.2 Å². The minimum Gasteiger partial charge on any atom is -0.350 e. The summed E-state index contributed by atoms with van der Waals surface area (Å²) in [6, 6.07) is 10.7. The first-order valence-electron chi connectivity index (χ1n) is 9.80. The van der Waals surface area contributed by atoms with E-state index in [9.17, 15) is 4.39 Å². The van der Waals surface area contributed by atoms with Gasteiger partial charge in [-0.05, 0) is 42.3 Å². The van der Waals surface area contributed by atoms with Crippen LogP contribution >= 0.6 is 11.6 Å². The highest BCUT2D eigenvalue weighted by atomic mass is 35.5. The number of rotatable bonds is 4. The van der Waals surface area contributed by atoms with Gasteiger partial charge in [0.15, 0.2) is 5.82 Å². The number of fused-ring (bicyclic) bond motifs is 1. The molecule has 0 spiro atoms. The number of hydrogen-bond acceptors (Lipinski definition) is 7. The van der Waals surface area contributed by atoms with Gasteiger partial charge in [0.25, 0.3) is 0 Å². The molecule has 0 bridgehead atoms. The molecule has 0 saturated carbocycles. The van der Waals surface area contributed by atoms with Crippen molar-refractivity contribution in [3.05, 3.63) is 89.0 Å². The minimum atomic E-state index is -0.646. The van der Waals surface area contributed by atoms with Crippen molar-refractivity contribution in [3.8, 4) is 23.4 Å². The number of aromatic nitrogens is 7. The van der Waals surface area contributed by atoms with Gasteiger partial charge >= 0.3 is 0 Å². The molecule has 0 atom stereocenters. The van der Waals surface area contributed by atoms with E-state index in [2.05, 4.69) is 52.3 Å². The SMILES string of the molecule is Fc1nccc(Cl)c1CNc1nccc(-c2nccc(C#Cc3ccc4[nH]ncc4c3)n2)n1. The fourth-order valence-corrected chi connectivity index (χ4v) is 3.25. The Bertz CT molecular complexity index is 1500. The molecule has 0 fully saturated rings. The van der Waals surface area contributed by atoms with Crippen LogP contribution in [0.3, 0.4) is 0 Å². The molecule has 0 radical (unpaired) electrons. The monoisotopic (exact) mass is 456 g/mol. The topological polar surface area (TPSA) is 105 Å². The molecule has 4 aromatic heterocycles. The molecule has 2 N–H and O–H groups in total. The summed E-state index contributed by atoms with van der Waals surface area (Å²) in [5.74, 6) is 6.17. The largest absolute Gasteiger partial charge is 0.350 e. The Morgan fingerprint density at radius 3 is 2.76 bits per heavy atom. The molecule has 160 valence electrons. The summed E-state index contributed by atoms with van der Waals surface area (Å²) in [5.41, 5.74) is 3.07. The van der Waals surface area contributed by atoms with Crippen molar-refractivity contribution in [1.29, 1.82) is 0 Å². The predicted octanol–water partition coefficient (Wildman–Crippen LogP) is 4.01. The van der Waals surface area contributed by atoms with Crippen LogP contribution in [0, 0.1) is 17.8 Å². The molecule has 1 aromatic carbocycles. The van der Waals surface area contributed by atoms with Crippen LogP contribution in [-0.2, 0) is 6.54 Å². The highest BCUT2D eigenvalue weighted by Crippen LogP contribution is 2.19. The van der Waals surface area contributed by atoms with Gasteiger partial charge in [0, 0.05) is 41.6 Å². The van der Waals surface area contributed by atoms with Gasteiger partial charge in [-0.25, -0.2) is 24.9 Å². The Kier molecular flexibility index (Phi) is 5.57. The van der Waals surface area contributed by atoms with Crippen molar-refractivity contribution in [1.82, 2.24) is 35.1 Å². The lowest BCUT2D eigenvalue weighted by Gasteiger charge is -2.08. The van der Waals surface area contributed by atoms with Crippen LogP contribution in [0.1, 0.15) is 16.8 Å². The third-order valence-corrected chi connectivity index (χ3v) is 5.04. The van der Waals surface area contributed by atoms with Gasteiger partial charge in [-0.1, -0.05) is 17.5 Å². The van der Waals surface area contributed by atoms with Gasteiger partial charge in [0.2, 0.25) is 11.9 Å². The summed E-state index contributed by atoms with van der Waals surface area (Å²) >= 11 is 6.04. The molecule has 4 heterocycles. The van der Waals surface area contributed by atoms with Crippen LogP contribution in [0.25, 0.3) is 22.4 Å². The molecule has 33 heavy (non-hydrogen) atoms. The average molecular weight is 457 g/mol. The lowest BCUT2D eigenvalue weighted by atomic mass is 10.1. The van der Waals surface area contributed by atoms with Crippen molar-refractivity contribution in [2.45, 2.75) is 6.54 Å².